The topological polar surface area (TPSA) is 86.7 Å². The Balaban J connectivity index is 2.66. The molecule has 0 aliphatic rings. The molecule has 0 radical (unpaired) electrons. The Morgan fingerprint density at radius 3 is 2.19 bits per heavy atom. The summed E-state index contributed by atoms with van der Waals surface area (Å²) in [7, 11) is 1.45. The first-order valence-corrected chi connectivity index (χ1v) is 6.34. The molecule has 0 spiro atoms. The smallest absolute Gasteiger partial charge is 0.331 e. The highest BCUT2D eigenvalue weighted by Gasteiger charge is 2.18. The molecule has 1 rings (SSSR count). The second-order valence-electron chi connectivity index (χ2n) is 4.63. The maximum absolute atomic E-state index is 12.0. The monoisotopic (exact) mass is 290 g/mol. The molecule has 0 atom stereocenters. The van der Waals surface area contributed by atoms with E-state index in [0.29, 0.717) is 5.69 Å². The van der Waals surface area contributed by atoms with Crippen molar-refractivity contribution < 1.29 is 19.5 Å². The molecule has 0 saturated heterocycles. The zero-order valence-corrected chi connectivity index (χ0v) is 12.2. The number of carbonyl (C=O) groups is 3. The highest BCUT2D eigenvalue weighted by atomic mass is 16.4. The van der Waals surface area contributed by atoms with Gasteiger partial charge in [0.15, 0.2) is 0 Å². The number of carboxylic acid groups (broad SMARTS) is 1. The molecule has 0 aliphatic carbocycles. The molecule has 112 valence electrons. The SMILES string of the molecule is CC(C(=O)O)=C(C)C(=O)N(C)CC(=O)Nc1ccccc1. The van der Waals surface area contributed by atoms with Gasteiger partial charge < -0.3 is 15.3 Å². The van der Waals surface area contributed by atoms with Gasteiger partial charge in [-0.05, 0) is 26.0 Å². The lowest BCUT2D eigenvalue weighted by molar-refractivity contribution is -0.134. The van der Waals surface area contributed by atoms with Gasteiger partial charge in [-0.15, -0.1) is 0 Å². The Bertz CT molecular complexity index is 579. The largest absolute Gasteiger partial charge is 0.478 e. The summed E-state index contributed by atoms with van der Waals surface area (Å²) in [6.07, 6.45) is 0. The fourth-order valence-corrected chi connectivity index (χ4v) is 1.62. The predicted molar refractivity (Wildman–Crippen MR) is 78.7 cm³/mol. The molecule has 0 aromatic heterocycles. The molecule has 6 heteroatoms. The summed E-state index contributed by atoms with van der Waals surface area (Å²) in [5.41, 5.74) is 0.713. The quantitative estimate of drug-likeness (QED) is 0.805. The number of nitrogens with zero attached hydrogens (tertiary/aromatic N) is 1. The number of benzene rings is 1. The van der Waals surface area contributed by atoms with E-state index >= 15 is 0 Å². The maximum Gasteiger partial charge on any atom is 0.331 e. The van der Waals surface area contributed by atoms with Crippen molar-refractivity contribution in [3.8, 4) is 0 Å². The number of amides is 2. The van der Waals surface area contributed by atoms with Crippen LogP contribution in [0.25, 0.3) is 0 Å². The van der Waals surface area contributed by atoms with Crippen LogP contribution in [0, 0.1) is 0 Å². The molecule has 21 heavy (non-hydrogen) atoms. The van der Waals surface area contributed by atoms with Gasteiger partial charge in [-0.3, -0.25) is 9.59 Å². The van der Waals surface area contributed by atoms with Gasteiger partial charge in [-0.2, -0.15) is 0 Å². The number of likely N-dealkylation sites (N-methyl/N-ethyl adjacent to an activating group) is 1. The summed E-state index contributed by atoms with van der Waals surface area (Å²) in [5.74, 6) is -1.99. The molecule has 6 nitrogen and oxygen atoms in total. The number of carbonyl (C=O) groups excluding carboxylic acids is 2. The third-order valence-electron chi connectivity index (χ3n) is 2.99. The van der Waals surface area contributed by atoms with Crippen LogP contribution in [-0.4, -0.2) is 41.4 Å². The summed E-state index contributed by atoms with van der Waals surface area (Å²) >= 11 is 0. The second kappa shape index (κ2) is 7.23. The van der Waals surface area contributed by atoms with Crippen molar-refractivity contribution >= 4 is 23.5 Å². The first kappa shape index (κ1) is 16.4. The van der Waals surface area contributed by atoms with Crippen molar-refractivity contribution in [3.63, 3.8) is 0 Å². The van der Waals surface area contributed by atoms with Crippen molar-refractivity contribution in [2.24, 2.45) is 0 Å². The minimum absolute atomic E-state index is 0.0321. The van der Waals surface area contributed by atoms with E-state index < -0.39 is 11.9 Å². The van der Waals surface area contributed by atoms with Crippen molar-refractivity contribution in [1.82, 2.24) is 4.90 Å². The number of hydrogen-bond donors (Lipinski definition) is 2. The van der Waals surface area contributed by atoms with Gasteiger partial charge in [0.2, 0.25) is 11.8 Å². The zero-order valence-electron chi connectivity index (χ0n) is 12.2. The average molecular weight is 290 g/mol. The van der Waals surface area contributed by atoms with Gasteiger partial charge >= 0.3 is 5.97 Å². The minimum atomic E-state index is -1.15. The summed E-state index contributed by atoms with van der Waals surface area (Å²) in [6.45, 7) is 2.63. The molecular formula is C15H18N2O4. The normalized spacial score (nSPS) is 11.4. The molecule has 0 fully saturated rings. The molecule has 0 unspecified atom stereocenters. The average Bonchev–Trinajstić information content (AvgIpc) is 2.45. The first-order valence-electron chi connectivity index (χ1n) is 6.34. The van der Waals surface area contributed by atoms with Crippen molar-refractivity contribution in [1.29, 1.82) is 0 Å². The van der Waals surface area contributed by atoms with E-state index in [1.165, 1.54) is 25.8 Å². The van der Waals surface area contributed by atoms with Crippen molar-refractivity contribution in [3.05, 3.63) is 41.5 Å². The lowest BCUT2D eigenvalue weighted by Crippen LogP contribution is -2.35. The van der Waals surface area contributed by atoms with E-state index in [-0.39, 0.29) is 23.6 Å². The van der Waals surface area contributed by atoms with E-state index in [1.54, 1.807) is 24.3 Å². The van der Waals surface area contributed by atoms with Crippen LogP contribution in [-0.2, 0) is 14.4 Å². The summed E-state index contributed by atoms with van der Waals surface area (Å²) in [4.78, 5) is 35.8. The Hall–Kier alpha value is -2.63. The molecule has 1 aromatic rings. The maximum atomic E-state index is 12.0. The fourth-order valence-electron chi connectivity index (χ4n) is 1.62. The highest BCUT2D eigenvalue weighted by molar-refractivity contribution is 6.03. The number of anilines is 1. The van der Waals surface area contributed by atoms with E-state index in [1.807, 2.05) is 6.07 Å². The van der Waals surface area contributed by atoms with E-state index in [9.17, 15) is 14.4 Å². The van der Waals surface area contributed by atoms with Crippen LogP contribution in [0.2, 0.25) is 0 Å². The van der Waals surface area contributed by atoms with Gasteiger partial charge in [0.1, 0.15) is 0 Å². The van der Waals surface area contributed by atoms with Crippen molar-refractivity contribution in [2.45, 2.75) is 13.8 Å². The van der Waals surface area contributed by atoms with E-state index in [4.69, 9.17) is 5.11 Å². The molecule has 0 bridgehead atoms. The zero-order chi connectivity index (χ0) is 16.0. The van der Waals surface area contributed by atoms with Crippen molar-refractivity contribution in [2.75, 3.05) is 18.9 Å². The van der Waals surface area contributed by atoms with Gasteiger partial charge in [0, 0.05) is 23.9 Å². The van der Waals surface area contributed by atoms with Crippen LogP contribution >= 0.6 is 0 Å². The molecular weight excluding hydrogens is 272 g/mol. The summed E-state index contributed by atoms with van der Waals surface area (Å²) < 4.78 is 0. The van der Waals surface area contributed by atoms with E-state index in [2.05, 4.69) is 5.32 Å². The third-order valence-corrected chi connectivity index (χ3v) is 2.99. The minimum Gasteiger partial charge on any atom is -0.478 e. The van der Waals surface area contributed by atoms with Crippen LogP contribution in [0.4, 0.5) is 5.69 Å². The molecule has 1 aromatic carbocycles. The number of aliphatic carboxylic acids is 1. The third kappa shape index (κ3) is 4.76. The lowest BCUT2D eigenvalue weighted by Gasteiger charge is -2.17. The Kier molecular flexibility index (Phi) is 5.66. The summed E-state index contributed by atoms with van der Waals surface area (Å²) in [5, 5.41) is 11.5. The first-order chi connectivity index (χ1) is 9.82. The number of hydrogen-bond acceptors (Lipinski definition) is 3. The fraction of sp³-hybridized carbons (Fsp3) is 0.267. The van der Waals surface area contributed by atoms with Crippen LogP contribution in [0.1, 0.15) is 13.8 Å². The lowest BCUT2D eigenvalue weighted by atomic mass is 10.1. The van der Waals surface area contributed by atoms with Gasteiger partial charge in [0.05, 0.1) is 6.54 Å². The van der Waals surface area contributed by atoms with Crippen LogP contribution < -0.4 is 5.32 Å². The van der Waals surface area contributed by atoms with Gasteiger partial charge in [0.25, 0.3) is 0 Å². The molecule has 0 aliphatic heterocycles. The van der Waals surface area contributed by atoms with E-state index in [0.717, 1.165) is 0 Å². The number of carboxylic acids is 1. The highest BCUT2D eigenvalue weighted by Crippen LogP contribution is 2.08. The Morgan fingerprint density at radius 1 is 1.10 bits per heavy atom. The Labute approximate surface area is 123 Å². The van der Waals surface area contributed by atoms with Crippen LogP contribution in [0.5, 0.6) is 0 Å². The summed E-state index contributed by atoms with van der Waals surface area (Å²) in [6, 6.07) is 8.87. The Morgan fingerprint density at radius 2 is 1.67 bits per heavy atom. The number of nitrogens with one attached hydrogen (secondary N) is 1. The van der Waals surface area contributed by atoms with Crippen LogP contribution in [0.15, 0.2) is 41.5 Å². The van der Waals surface area contributed by atoms with Gasteiger partial charge in [-0.1, -0.05) is 18.2 Å². The molecule has 0 heterocycles. The molecule has 0 saturated carbocycles. The van der Waals surface area contributed by atoms with Crippen LogP contribution in [0.3, 0.4) is 0 Å². The van der Waals surface area contributed by atoms with Gasteiger partial charge in [-0.25, -0.2) is 4.79 Å². The number of para-hydroxylation sites is 1. The number of rotatable bonds is 5. The second-order valence-corrected chi connectivity index (χ2v) is 4.63. The standard InChI is InChI=1S/C15H18N2O4/c1-10(11(2)15(20)21)14(19)17(3)9-13(18)16-12-7-5-4-6-8-12/h4-8H,9H2,1-3H3,(H,16,18)(H,20,21). The molecule has 2 amide bonds. The predicted octanol–water partition coefficient (Wildman–Crippen LogP) is 1.50. The molecule has 2 N–H and O–H groups in total.